The van der Waals surface area contributed by atoms with Crippen LogP contribution in [0.1, 0.15) is 20.8 Å². The third-order valence-corrected chi connectivity index (χ3v) is 2.94. The van der Waals surface area contributed by atoms with E-state index in [4.69, 9.17) is 17.3 Å². The zero-order valence-corrected chi connectivity index (χ0v) is 11.6. The second-order valence-electron chi connectivity index (χ2n) is 5.20. The van der Waals surface area contributed by atoms with Crippen LogP contribution in [-0.4, -0.2) is 21.3 Å². The summed E-state index contributed by atoms with van der Waals surface area (Å²) in [7, 11) is 0. The highest BCUT2D eigenvalue weighted by atomic mass is 35.5. The molecule has 0 saturated heterocycles. The summed E-state index contributed by atoms with van der Waals surface area (Å²) in [6.07, 6.45) is 1.85. The summed E-state index contributed by atoms with van der Waals surface area (Å²) in [5.74, 6) is 0.639. The SMILES string of the molecule is CC(C)(C)n1cnc2cc(N=C(N)CCl)ccc21. The van der Waals surface area contributed by atoms with Gasteiger partial charge in [0.05, 0.1) is 28.9 Å². The number of rotatable bonds is 2. The number of aromatic nitrogens is 2. The van der Waals surface area contributed by atoms with Crippen LogP contribution in [0.15, 0.2) is 29.5 Å². The lowest BCUT2D eigenvalue weighted by molar-refractivity contribution is 0.408. The molecule has 1 aromatic heterocycles. The molecule has 0 aliphatic heterocycles. The van der Waals surface area contributed by atoms with Crippen molar-refractivity contribution < 1.29 is 0 Å². The van der Waals surface area contributed by atoms with E-state index >= 15 is 0 Å². The first-order valence-corrected chi connectivity index (χ1v) is 6.32. The molecular weight excluding hydrogens is 248 g/mol. The lowest BCUT2D eigenvalue weighted by atomic mass is 10.1. The average Bonchev–Trinajstić information content (AvgIpc) is 2.71. The molecule has 0 saturated carbocycles. The predicted octanol–water partition coefficient (Wildman–Crippen LogP) is 3.02. The van der Waals surface area contributed by atoms with Crippen molar-refractivity contribution in [3.63, 3.8) is 0 Å². The number of nitrogens with two attached hydrogens (primary N) is 1. The van der Waals surface area contributed by atoms with Gasteiger partial charge in [-0.05, 0) is 39.0 Å². The molecule has 2 N–H and O–H groups in total. The van der Waals surface area contributed by atoms with Gasteiger partial charge in [-0.3, -0.25) is 0 Å². The molecule has 2 rings (SSSR count). The summed E-state index contributed by atoms with van der Waals surface area (Å²) < 4.78 is 2.14. The highest BCUT2D eigenvalue weighted by Gasteiger charge is 2.15. The zero-order valence-electron chi connectivity index (χ0n) is 10.8. The molecule has 0 fully saturated rings. The largest absolute Gasteiger partial charge is 0.386 e. The summed E-state index contributed by atoms with van der Waals surface area (Å²) in [5, 5.41) is 0. The third-order valence-electron chi connectivity index (χ3n) is 2.66. The van der Waals surface area contributed by atoms with Crippen molar-refractivity contribution in [2.24, 2.45) is 10.7 Å². The van der Waals surface area contributed by atoms with Crippen molar-refractivity contribution >= 4 is 34.2 Å². The molecule has 4 nitrogen and oxygen atoms in total. The van der Waals surface area contributed by atoms with Crippen molar-refractivity contribution in [1.29, 1.82) is 0 Å². The van der Waals surface area contributed by atoms with Gasteiger partial charge in [-0.15, -0.1) is 11.6 Å². The van der Waals surface area contributed by atoms with Crippen LogP contribution in [0.3, 0.4) is 0 Å². The number of alkyl halides is 1. The van der Waals surface area contributed by atoms with Gasteiger partial charge in [0, 0.05) is 5.54 Å². The van der Waals surface area contributed by atoms with Crippen LogP contribution in [0.5, 0.6) is 0 Å². The van der Waals surface area contributed by atoms with Crippen LogP contribution in [-0.2, 0) is 5.54 Å². The van der Waals surface area contributed by atoms with Gasteiger partial charge in [0.15, 0.2) is 0 Å². The lowest BCUT2D eigenvalue weighted by Crippen LogP contribution is -2.20. The maximum atomic E-state index is 5.62. The van der Waals surface area contributed by atoms with Gasteiger partial charge < -0.3 is 10.3 Å². The van der Waals surface area contributed by atoms with Gasteiger partial charge in [0.25, 0.3) is 0 Å². The minimum absolute atomic E-state index is 0.00863. The molecular formula is C13H17ClN4. The van der Waals surface area contributed by atoms with E-state index in [1.807, 2.05) is 24.5 Å². The molecule has 1 aromatic carbocycles. The van der Waals surface area contributed by atoms with E-state index in [-0.39, 0.29) is 11.4 Å². The van der Waals surface area contributed by atoms with Crippen molar-refractivity contribution in [3.05, 3.63) is 24.5 Å². The van der Waals surface area contributed by atoms with Gasteiger partial charge in [0.2, 0.25) is 0 Å². The number of imidazole rings is 1. The zero-order chi connectivity index (χ0) is 13.3. The molecule has 96 valence electrons. The molecule has 0 spiro atoms. The van der Waals surface area contributed by atoms with E-state index < -0.39 is 0 Å². The summed E-state index contributed by atoms with van der Waals surface area (Å²) in [6, 6.07) is 5.84. The Kier molecular flexibility index (Phi) is 3.30. The van der Waals surface area contributed by atoms with Crippen LogP contribution in [0.4, 0.5) is 5.69 Å². The maximum absolute atomic E-state index is 5.62. The Labute approximate surface area is 111 Å². The number of amidine groups is 1. The van der Waals surface area contributed by atoms with Gasteiger partial charge in [0.1, 0.15) is 5.84 Å². The predicted molar refractivity (Wildman–Crippen MR) is 76.7 cm³/mol. The summed E-state index contributed by atoms with van der Waals surface area (Å²) in [4.78, 5) is 8.61. The number of hydrogen-bond donors (Lipinski definition) is 1. The molecule has 0 aliphatic carbocycles. The Morgan fingerprint density at radius 2 is 2.17 bits per heavy atom. The van der Waals surface area contributed by atoms with Crippen molar-refractivity contribution in [2.45, 2.75) is 26.3 Å². The smallest absolute Gasteiger partial charge is 0.115 e. The van der Waals surface area contributed by atoms with Crippen molar-refractivity contribution in [2.75, 3.05) is 5.88 Å². The van der Waals surface area contributed by atoms with Gasteiger partial charge in [-0.25, -0.2) is 9.98 Å². The molecule has 0 unspecified atom stereocenters. The van der Waals surface area contributed by atoms with Crippen molar-refractivity contribution in [1.82, 2.24) is 9.55 Å². The number of aliphatic imine (C=N–C) groups is 1. The van der Waals surface area contributed by atoms with Crippen LogP contribution in [0.2, 0.25) is 0 Å². The molecule has 2 aromatic rings. The first-order valence-electron chi connectivity index (χ1n) is 5.78. The van der Waals surface area contributed by atoms with E-state index in [1.54, 1.807) is 0 Å². The highest BCUT2D eigenvalue weighted by Crippen LogP contribution is 2.25. The normalized spacial score (nSPS) is 13.2. The lowest BCUT2D eigenvalue weighted by Gasteiger charge is -2.21. The Balaban J connectivity index is 2.50. The number of halogens is 1. The topological polar surface area (TPSA) is 56.2 Å². The Hall–Kier alpha value is -1.55. The highest BCUT2D eigenvalue weighted by molar-refractivity contribution is 6.28. The summed E-state index contributed by atoms with van der Waals surface area (Å²) >= 11 is 5.61. The van der Waals surface area contributed by atoms with E-state index in [0.717, 1.165) is 16.7 Å². The summed E-state index contributed by atoms with van der Waals surface area (Å²) in [6.45, 7) is 6.43. The number of fused-ring (bicyclic) bond motifs is 1. The number of hydrogen-bond acceptors (Lipinski definition) is 2. The quantitative estimate of drug-likeness (QED) is 0.515. The molecule has 0 amide bonds. The van der Waals surface area contributed by atoms with Crippen molar-refractivity contribution in [3.8, 4) is 0 Å². The molecule has 0 radical (unpaired) electrons. The first kappa shape index (κ1) is 12.9. The van der Waals surface area contributed by atoms with Gasteiger partial charge >= 0.3 is 0 Å². The molecule has 0 aliphatic rings. The third kappa shape index (κ3) is 2.48. The standard InChI is InChI=1S/C13H17ClN4/c1-13(2,3)18-8-16-10-6-9(4-5-11(10)18)17-12(15)7-14/h4-6,8H,7H2,1-3H3,(H2,15,17). The van der Waals surface area contributed by atoms with Crippen LogP contribution >= 0.6 is 11.6 Å². The second-order valence-corrected chi connectivity index (χ2v) is 5.46. The minimum atomic E-state index is 0.00863. The van der Waals surface area contributed by atoms with E-state index in [9.17, 15) is 0 Å². The molecule has 5 heteroatoms. The van der Waals surface area contributed by atoms with Gasteiger partial charge in [-0.2, -0.15) is 0 Å². The Morgan fingerprint density at radius 3 is 2.78 bits per heavy atom. The van der Waals surface area contributed by atoms with Crippen LogP contribution in [0, 0.1) is 0 Å². The fourth-order valence-corrected chi connectivity index (χ4v) is 1.86. The van der Waals surface area contributed by atoms with E-state index in [1.165, 1.54) is 0 Å². The number of benzene rings is 1. The molecule has 0 atom stereocenters. The minimum Gasteiger partial charge on any atom is -0.386 e. The second kappa shape index (κ2) is 4.61. The molecule has 1 heterocycles. The fourth-order valence-electron chi connectivity index (χ4n) is 1.80. The van der Waals surface area contributed by atoms with Gasteiger partial charge in [-0.1, -0.05) is 0 Å². The van der Waals surface area contributed by atoms with Crippen LogP contribution in [0.25, 0.3) is 11.0 Å². The maximum Gasteiger partial charge on any atom is 0.115 e. The molecule has 0 bridgehead atoms. The monoisotopic (exact) mass is 264 g/mol. The Bertz CT molecular complexity index is 593. The average molecular weight is 265 g/mol. The molecule has 18 heavy (non-hydrogen) atoms. The van der Waals surface area contributed by atoms with E-state index in [0.29, 0.717) is 5.84 Å². The first-order chi connectivity index (χ1) is 8.41. The number of nitrogens with zero attached hydrogens (tertiary/aromatic N) is 3. The van der Waals surface area contributed by atoms with Crippen LogP contribution < -0.4 is 5.73 Å². The Morgan fingerprint density at radius 1 is 1.44 bits per heavy atom. The fraction of sp³-hybridized carbons (Fsp3) is 0.385. The summed E-state index contributed by atoms with van der Waals surface area (Å²) in [5.41, 5.74) is 8.40. The van der Waals surface area contributed by atoms with E-state index in [2.05, 4.69) is 35.3 Å².